The number of likely N-dealkylation sites (N-methyl/N-ethyl adjacent to an activating group) is 1. The Morgan fingerprint density at radius 1 is 1.33 bits per heavy atom. The minimum Gasteiger partial charge on any atom is -0.378 e. The molecular formula is C18H27N3O3. The number of carbonyl (C=O) groups excluding carboxylic acids is 1. The predicted molar refractivity (Wildman–Crippen MR) is 95.6 cm³/mol. The third-order valence-electron chi connectivity index (χ3n) is 4.96. The second-order valence-corrected chi connectivity index (χ2v) is 6.86. The molecule has 24 heavy (non-hydrogen) atoms. The number of ketones is 1. The summed E-state index contributed by atoms with van der Waals surface area (Å²) in [4.78, 5) is 24.5. The first-order chi connectivity index (χ1) is 11.4. The number of nitrogens with zero attached hydrogens (tertiary/aromatic N) is 2. The number of hydrogen-bond acceptors (Lipinski definition) is 5. The van der Waals surface area contributed by atoms with Gasteiger partial charge in [-0.1, -0.05) is 19.3 Å². The quantitative estimate of drug-likeness (QED) is 0.467. The molecule has 0 aromatic heterocycles. The van der Waals surface area contributed by atoms with Crippen LogP contribution in [0.4, 0.5) is 11.4 Å². The standard InChI is InChI=1S/C18H27N3O3/c1-13(22)15-9-10-16(17(11-15)21(23)24)19-12-18(20(2)3)14-7-5-4-6-8-14/h9-11,14,18-19H,4-8,12H2,1-3H3. The van der Waals surface area contributed by atoms with E-state index in [1.807, 2.05) is 0 Å². The summed E-state index contributed by atoms with van der Waals surface area (Å²) in [5.41, 5.74) is 0.806. The Kier molecular flexibility index (Phi) is 6.31. The normalized spacial score (nSPS) is 16.8. The maximum Gasteiger partial charge on any atom is 0.293 e. The van der Waals surface area contributed by atoms with E-state index in [4.69, 9.17) is 0 Å². The second-order valence-electron chi connectivity index (χ2n) is 6.86. The van der Waals surface area contributed by atoms with E-state index in [9.17, 15) is 14.9 Å². The van der Waals surface area contributed by atoms with Crippen LogP contribution in [0.15, 0.2) is 18.2 Å². The lowest BCUT2D eigenvalue weighted by Gasteiger charge is -2.35. The molecular weight excluding hydrogens is 306 g/mol. The fourth-order valence-corrected chi connectivity index (χ4v) is 3.56. The highest BCUT2D eigenvalue weighted by atomic mass is 16.6. The van der Waals surface area contributed by atoms with Crippen molar-refractivity contribution in [2.45, 2.75) is 45.1 Å². The molecule has 2 rings (SSSR count). The Hall–Kier alpha value is -1.95. The number of nitro benzene ring substituents is 1. The number of anilines is 1. The van der Waals surface area contributed by atoms with Crippen LogP contribution in [-0.4, -0.2) is 42.3 Å². The van der Waals surface area contributed by atoms with Crippen LogP contribution in [0, 0.1) is 16.0 Å². The Morgan fingerprint density at radius 2 is 2.00 bits per heavy atom. The van der Waals surface area contributed by atoms with Crippen molar-refractivity contribution < 1.29 is 9.72 Å². The molecule has 0 amide bonds. The van der Waals surface area contributed by atoms with Crippen molar-refractivity contribution in [3.05, 3.63) is 33.9 Å². The van der Waals surface area contributed by atoms with Crippen LogP contribution in [0.1, 0.15) is 49.4 Å². The first-order valence-electron chi connectivity index (χ1n) is 8.60. The number of Topliss-reactive ketones (excluding diaryl/α,β-unsaturated/α-hetero) is 1. The van der Waals surface area contributed by atoms with Gasteiger partial charge in [0.1, 0.15) is 5.69 Å². The molecule has 0 radical (unpaired) electrons. The van der Waals surface area contributed by atoms with Crippen LogP contribution in [0.2, 0.25) is 0 Å². The molecule has 6 nitrogen and oxygen atoms in total. The van der Waals surface area contributed by atoms with E-state index in [1.165, 1.54) is 45.1 Å². The summed E-state index contributed by atoms with van der Waals surface area (Å²) < 4.78 is 0. The first kappa shape index (κ1) is 18.4. The van der Waals surface area contributed by atoms with Crippen molar-refractivity contribution in [2.24, 2.45) is 5.92 Å². The molecule has 1 aliphatic carbocycles. The molecule has 0 spiro atoms. The molecule has 1 saturated carbocycles. The number of hydrogen-bond donors (Lipinski definition) is 1. The van der Waals surface area contributed by atoms with Gasteiger partial charge < -0.3 is 10.2 Å². The average molecular weight is 333 g/mol. The SMILES string of the molecule is CC(=O)c1ccc(NCC(C2CCCCC2)N(C)C)c([N+](=O)[O-])c1. The van der Waals surface area contributed by atoms with Crippen LogP contribution < -0.4 is 5.32 Å². The van der Waals surface area contributed by atoms with Crippen LogP contribution in [0.3, 0.4) is 0 Å². The van der Waals surface area contributed by atoms with Crippen molar-refractivity contribution in [3.63, 3.8) is 0 Å². The first-order valence-corrected chi connectivity index (χ1v) is 8.60. The van der Waals surface area contributed by atoms with Gasteiger partial charge >= 0.3 is 0 Å². The van der Waals surface area contributed by atoms with Gasteiger partial charge in [0.05, 0.1) is 4.92 Å². The van der Waals surface area contributed by atoms with E-state index in [2.05, 4.69) is 24.3 Å². The van der Waals surface area contributed by atoms with E-state index >= 15 is 0 Å². The molecule has 0 aliphatic heterocycles. The van der Waals surface area contributed by atoms with Crippen molar-refractivity contribution in [2.75, 3.05) is 26.0 Å². The van der Waals surface area contributed by atoms with E-state index in [1.54, 1.807) is 12.1 Å². The molecule has 0 heterocycles. The van der Waals surface area contributed by atoms with Gasteiger partial charge in [-0.2, -0.15) is 0 Å². The highest BCUT2D eigenvalue weighted by molar-refractivity contribution is 5.95. The van der Waals surface area contributed by atoms with Crippen molar-refractivity contribution >= 4 is 17.2 Å². The van der Waals surface area contributed by atoms with E-state index < -0.39 is 4.92 Å². The maximum absolute atomic E-state index is 11.4. The summed E-state index contributed by atoms with van der Waals surface area (Å²) in [6.45, 7) is 2.08. The Labute approximate surface area is 143 Å². The van der Waals surface area contributed by atoms with Crippen LogP contribution in [0.5, 0.6) is 0 Å². The van der Waals surface area contributed by atoms with Gasteiger partial charge in [0, 0.05) is 24.2 Å². The summed E-state index contributed by atoms with van der Waals surface area (Å²) in [6, 6.07) is 4.99. The number of nitro groups is 1. The summed E-state index contributed by atoms with van der Waals surface area (Å²) in [5.74, 6) is 0.454. The van der Waals surface area contributed by atoms with Crippen LogP contribution in [0.25, 0.3) is 0 Å². The zero-order valence-electron chi connectivity index (χ0n) is 14.7. The highest BCUT2D eigenvalue weighted by Crippen LogP contribution is 2.30. The monoisotopic (exact) mass is 333 g/mol. The molecule has 132 valence electrons. The molecule has 1 aromatic rings. The Balaban J connectivity index is 2.13. The van der Waals surface area contributed by atoms with E-state index in [-0.39, 0.29) is 11.5 Å². The van der Waals surface area contributed by atoms with Gasteiger partial charge in [-0.15, -0.1) is 0 Å². The number of benzene rings is 1. The van der Waals surface area contributed by atoms with Crippen molar-refractivity contribution in [1.82, 2.24) is 4.90 Å². The van der Waals surface area contributed by atoms with Gasteiger partial charge in [-0.3, -0.25) is 14.9 Å². The third-order valence-corrected chi connectivity index (χ3v) is 4.96. The third kappa shape index (κ3) is 4.54. The van der Waals surface area contributed by atoms with Crippen LogP contribution in [-0.2, 0) is 0 Å². The lowest BCUT2D eigenvalue weighted by molar-refractivity contribution is -0.384. The highest BCUT2D eigenvalue weighted by Gasteiger charge is 2.26. The zero-order valence-corrected chi connectivity index (χ0v) is 14.7. The van der Waals surface area contributed by atoms with Crippen molar-refractivity contribution in [3.8, 4) is 0 Å². The lowest BCUT2D eigenvalue weighted by Crippen LogP contribution is -2.41. The average Bonchev–Trinajstić information content (AvgIpc) is 2.55. The molecule has 1 atom stereocenters. The number of carbonyl (C=O) groups is 1. The van der Waals surface area contributed by atoms with Crippen molar-refractivity contribution in [1.29, 1.82) is 0 Å². The minimum atomic E-state index is -0.431. The van der Waals surface area contributed by atoms with Gasteiger partial charge in [0.15, 0.2) is 5.78 Å². The molecule has 1 aromatic carbocycles. The molecule has 1 fully saturated rings. The summed E-state index contributed by atoms with van der Waals surface area (Å²) in [7, 11) is 4.13. The summed E-state index contributed by atoms with van der Waals surface area (Å²) in [5, 5.41) is 14.6. The zero-order chi connectivity index (χ0) is 17.7. The molecule has 1 N–H and O–H groups in total. The maximum atomic E-state index is 11.4. The van der Waals surface area contributed by atoms with Gasteiger partial charge in [-0.05, 0) is 51.9 Å². The molecule has 0 saturated heterocycles. The largest absolute Gasteiger partial charge is 0.378 e. The Morgan fingerprint density at radius 3 is 2.54 bits per heavy atom. The van der Waals surface area contributed by atoms with Gasteiger partial charge in [-0.25, -0.2) is 0 Å². The summed E-state index contributed by atoms with van der Waals surface area (Å²) in [6.07, 6.45) is 6.28. The fraction of sp³-hybridized carbons (Fsp3) is 0.611. The smallest absolute Gasteiger partial charge is 0.293 e. The molecule has 0 bridgehead atoms. The topological polar surface area (TPSA) is 75.5 Å². The van der Waals surface area contributed by atoms with E-state index in [0.29, 0.717) is 29.8 Å². The molecule has 6 heteroatoms. The Bertz CT molecular complexity index is 595. The van der Waals surface area contributed by atoms with E-state index in [0.717, 1.165) is 0 Å². The molecule has 1 aliphatic rings. The van der Waals surface area contributed by atoms with Crippen LogP contribution >= 0.6 is 0 Å². The second kappa shape index (κ2) is 8.24. The number of nitrogens with one attached hydrogen (secondary N) is 1. The van der Waals surface area contributed by atoms with Gasteiger partial charge in [0.2, 0.25) is 0 Å². The number of rotatable bonds is 7. The lowest BCUT2D eigenvalue weighted by atomic mass is 9.83. The fourth-order valence-electron chi connectivity index (χ4n) is 3.56. The summed E-state index contributed by atoms with van der Waals surface area (Å²) >= 11 is 0. The predicted octanol–water partition coefficient (Wildman–Crippen LogP) is 3.72. The molecule has 1 unspecified atom stereocenters. The minimum absolute atomic E-state index is 0.0381. The van der Waals surface area contributed by atoms with Gasteiger partial charge in [0.25, 0.3) is 5.69 Å².